The van der Waals surface area contributed by atoms with Crippen molar-refractivity contribution in [3.8, 4) is 0 Å². The van der Waals surface area contributed by atoms with Gasteiger partial charge in [0.05, 0.1) is 13.2 Å². The van der Waals surface area contributed by atoms with Crippen molar-refractivity contribution in [3.63, 3.8) is 0 Å². The molecule has 59 heavy (non-hydrogen) atoms. The van der Waals surface area contributed by atoms with Gasteiger partial charge in [0.15, 0.2) is 12.4 Å². The topological polar surface area (TPSA) is 152 Å². The van der Waals surface area contributed by atoms with Crippen LogP contribution in [0.2, 0.25) is 0 Å². The van der Waals surface area contributed by atoms with Crippen LogP contribution in [0.4, 0.5) is 0 Å². The molecule has 2 unspecified atom stereocenters. The summed E-state index contributed by atoms with van der Waals surface area (Å²) in [5.41, 5.74) is 0. The van der Waals surface area contributed by atoms with Crippen molar-refractivity contribution in [1.29, 1.82) is 0 Å². The molecule has 0 aromatic heterocycles. The SMILES string of the molecule is CC/C=C/C/C=C/C/C=C/C/C=C/C/C=C/C/C=C/CCC(=O)O[C@H](COC(=O)CCCC/C=C/CCCCCCCCCCC)CO[C@@H]1O[C@H](CO)[C@H](O)C(O)C1O. The summed E-state index contributed by atoms with van der Waals surface area (Å²) >= 11 is 0. The van der Waals surface area contributed by atoms with Gasteiger partial charge in [0.2, 0.25) is 0 Å². The zero-order valence-electron chi connectivity index (χ0n) is 36.5. The number of unbranched alkanes of at least 4 members (excludes halogenated alkanes) is 11. The average molecular weight is 829 g/mol. The lowest BCUT2D eigenvalue weighted by Crippen LogP contribution is -2.59. The molecule has 1 aliphatic rings. The summed E-state index contributed by atoms with van der Waals surface area (Å²) in [5.74, 6) is -0.937. The minimum Gasteiger partial charge on any atom is -0.462 e. The Bertz CT molecular complexity index is 1230. The van der Waals surface area contributed by atoms with E-state index in [1.165, 1.54) is 57.8 Å². The molecular formula is C49H80O10. The molecule has 0 bridgehead atoms. The molecule has 0 amide bonds. The normalized spacial score (nSPS) is 20.8. The van der Waals surface area contributed by atoms with Crippen LogP contribution in [0, 0.1) is 0 Å². The number of esters is 2. The number of carbonyl (C=O) groups is 2. The maximum absolute atomic E-state index is 12.7. The lowest BCUT2D eigenvalue weighted by Gasteiger charge is -2.39. The lowest BCUT2D eigenvalue weighted by molar-refractivity contribution is -0.305. The van der Waals surface area contributed by atoms with Gasteiger partial charge in [-0.3, -0.25) is 9.59 Å². The highest BCUT2D eigenvalue weighted by molar-refractivity contribution is 5.70. The molecule has 10 heteroatoms. The molecule has 10 nitrogen and oxygen atoms in total. The quantitative estimate of drug-likeness (QED) is 0.0273. The van der Waals surface area contributed by atoms with Gasteiger partial charge in [0.1, 0.15) is 31.0 Å². The summed E-state index contributed by atoms with van der Waals surface area (Å²) in [5, 5.41) is 40.1. The molecule has 336 valence electrons. The van der Waals surface area contributed by atoms with Crippen molar-refractivity contribution >= 4 is 11.9 Å². The van der Waals surface area contributed by atoms with Crippen LogP contribution in [0.25, 0.3) is 0 Å². The first-order valence-electron chi connectivity index (χ1n) is 22.7. The Morgan fingerprint density at radius 2 is 1.03 bits per heavy atom. The first-order chi connectivity index (χ1) is 28.8. The maximum Gasteiger partial charge on any atom is 0.306 e. The molecule has 0 aliphatic carbocycles. The van der Waals surface area contributed by atoms with Gasteiger partial charge in [0.25, 0.3) is 0 Å². The van der Waals surface area contributed by atoms with E-state index in [1.807, 2.05) is 12.2 Å². The fraction of sp³-hybridized carbons (Fsp3) is 0.673. The van der Waals surface area contributed by atoms with E-state index in [9.17, 15) is 30.0 Å². The lowest BCUT2D eigenvalue weighted by atomic mass is 9.99. The van der Waals surface area contributed by atoms with E-state index < -0.39 is 55.4 Å². The summed E-state index contributed by atoms with van der Waals surface area (Å²) in [6, 6.07) is 0. The van der Waals surface area contributed by atoms with Gasteiger partial charge in [-0.1, -0.05) is 150 Å². The molecule has 4 N–H and O–H groups in total. The van der Waals surface area contributed by atoms with Crippen LogP contribution in [-0.4, -0.2) is 89.0 Å². The van der Waals surface area contributed by atoms with Gasteiger partial charge >= 0.3 is 11.9 Å². The smallest absolute Gasteiger partial charge is 0.306 e. The third-order valence-electron chi connectivity index (χ3n) is 9.78. The molecule has 1 fully saturated rings. The fourth-order valence-corrected chi connectivity index (χ4v) is 6.21. The van der Waals surface area contributed by atoms with Crippen molar-refractivity contribution in [2.45, 2.75) is 192 Å². The highest BCUT2D eigenvalue weighted by atomic mass is 16.7. The van der Waals surface area contributed by atoms with Gasteiger partial charge in [-0.15, -0.1) is 0 Å². The van der Waals surface area contributed by atoms with E-state index >= 15 is 0 Å². The molecular weight excluding hydrogens is 749 g/mol. The van der Waals surface area contributed by atoms with E-state index in [1.54, 1.807) is 0 Å². The van der Waals surface area contributed by atoms with Gasteiger partial charge in [-0.25, -0.2) is 0 Å². The zero-order chi connectivity index (χ0) is 43.0. The molecule has 1 saturated heterocycles. The number of carbonyl (C=O) groups excluding carboxylic acids is 2. The zero-order valence-corrected chi connectivity index (χ0v) is 36.5. The van der Waals surface area contributed by atoms with Gasteiger partial charge < -0.3 is 39.4 Å². The van der Waals surface area contributed by atoms with Crippen molar-refractivity contribution in [1.82, 2.24) is 0 Å². The van der Waals surface area contributed by atoms with E-state index in [0.717, 1.165) is 57.8 Å². The first-order valence-corrected chi connectivity index (χ1v) is 22.7. The van der Waals surface area contributed by atoms with E-state index in [0.29, 0.717) is 12.8 Å². The van der Waals surface area contributed by atoms with E-state index in [2.05, 4.69) is 86.8 Å². The first kappa shape index (κ1) is 53.9. The van der Waals surface area contributed by atoms with Gasteiger partial charge in [-0.2, -0.15) is 0 Å². The van der Waals surface area contributed by atoms with E-state index in [4.69, 9.17) is 18.9 Å². The van der Waals surface area contributed by atoms with E-state index in [-0.39, 0.29) is 26.1 Å². The molecule has 1 aliphatic heterocycles. The van der Waals surface area contributed by atoms with Crippen molar-refractivity contribution in [3.05, 3.63) is 85.1 Å². The standard InChI is InChI=1S/C49H80O10/c1-3-5-7-9-11-13-15-17-19-20-21-22-24-26-28-30-32-34-36-38-45(52)58-42(41-57-49-48(55)47(54)46(53)43(39-50)59-49)40-56-44(51)37-35-33-31-29-27-25-23-18-16-14-12-10-8-6-4-2/h5,7,11,13,17,19,21-22,26-29,32,34,42-43,46-50,53-55H,3-4,6,8-10,12,14-16,18,20,23-25,30-31,33,35-41H2,1-2H3/b7-5+,13-11+,19-17+,22-21+,28-26+,29-27+,34-32+/t42-,43-,46+,47?,48?,49-/m1/s1. The van der Waals surface area contributed by atoms with Gasteiger partial charge in [-0.05, 0) is 77.0 Å². The van der Waals surface area contributed by atoms with Crippen LogP contribution in [0.5, 0.6) is 0 Å². The van der Waals surface area contributed by atoms with Crippen molar-refractivity contribution < 1.29 is 49.0 Å². The molecule has 1 rings (SSSR count). The number of ether oxygens (including phenoxy) is 4. The maximum atomic E-state index is 12.7. The average Bonchev–Trinajstić information content (AvgIpc) is 3.23. The molecule has 0 saturated carbocycles. The third kappa shape index (κ3) is 30.5. The monoisotopic (exact) mass is 829 g/mol. The Balaban J connectivity index is 2.41. The predicted octanol–water partition coefficient (Wildman–Crippen LogP) is 9.77. The summed E-state index contributed by atoms with van der Waals surface area (Å²) in [4.78, 5) is 25.3. The van der Waals surface area contributed by atoms with Crippen molar-refractivity contribution in [2.75, 3.05) is 19.8 Å². The van der Waals surface area contributed by atoms with Gasteiger partial charge in [0, 0.05) is 12.8 Å². The molecule has 0 aromatic carbocycles. The Morgan fingerprint density at radius 1 is 0.542 bits per heavy atom. The minimum absolute atomic E-state index is 0.0965. The molecule has 6 atom stereocenters. The Labute approximate surface area is 356 Å². The second-order valence-electron chi connectivity index (χ2n) is 15.1. The molecule has 0 aromatic rings. The second-order valence-corrected chi connectivity index (χ2v) is 15.1. The molecule has 0 spiro atoms. The van der Waals surface area contributed by atoms with Crippen LogP contribution < -0.4 is 0 Å². The van der Waals surface area contributed by atoms with Crippen LogP contribution in [0.15, 0.2) is 85.1 Å². The number of aliphatic hydroxyl groups is 4. The Morgan fingerprint density at radius 3 is 1.58 bits per heavy atom. The minimum atomic E-state index is -1.61. The van der Waals surface area contributed by atoms with Crippen LogP contribution in [-0.2, 0) is 28.5 Å². The Hall–Kier alpha value is -3.12. The summed E-state index contributed by atoms with van der Waals surface area (Å²) in [6.07, 6.45) is 43.2. The molecule has 0 radical (unpaired) electrons. The largest absolute Gasteiger partial charge is 0.462 e. The number of aliphatic hydroxyl groups excluding tert-OH is 4. The number of hydrogen-bond acceptors (Lipinski definition) is 10. The fourth-order valence-electron chi connectivity index (χ4n) is 6.21. The third-order valence-corrected chi connectivity index (χ3v) is 9.78. The highest BCUT2D eigenvalue weighted by Gasteiger charge is 2.44. The predicted molar refractivity (Wildman–Crippen MR) is 237 cm³/mol. The summed E-state index contributed by atoms with van der Waals surface area (Å²) in [7, 11) is 0. The van der Waals surface area contributed by atoms with Crippen LogP contribution in [0.1, 0.15) is 155 Å². The second kappa shape index (κ2) is 39.0. The summed E-state index contributed by atoms with van der Waals surface area (Å²) < 4.78 is 22.0. The summed E-state index contributed by atoms with van der Waals surface area (Å²) in [6.45, 7) is 3.20. The Kier molecular flexibility index (Phi) is 35.7. The van der Waals surface area contributed by atoms with Crippen LogP contribution >= 0.6 is 0 Å². The number of hydrogen-bond donors (Lipinski definition) is 4. The molecule has 1 heterocycles. The number of rotatable bonds is 36. The van der Waals surface area contributed by atoms with Crippen molar-refractivity contribution in [2.24, 2.45) is 0 Å². The number of allylic oxidation sites excluding steroid dienone is 14. The van der Waals surface area contributed by atoms with Crippen LogP contribution in [0.3, 0.4) is 0 Å². The highest BCUT2D eigenvalue weighted by Crippen LogP contribution is 2.22.